The molecule has 7 rings (SSSR count). The number of rotatable bonds is 4. The quantitative estimate of drug-likeness (QED) is 0.368. The van der Waals surface area contributed by atoms with Crippen LogP contribution in [0.2, 0.25) is 0 Å². The normalized spacial score (nSPS) is 19.1. The van der Waals surface area contributed by atoms with Gasteiger partial charge in [-0.25, -0.2) is 0 Å². The molecule has 3 heterocycles. The van der Waals surface area contributed by atoms with Crippen molar-refractivity contribution in [2.75, 3.05) is 13.7 Å². The van der Waals surface area contributed by atoms with Crippen LogP contribution in [0.3, 0.4) is 0 Å². The number of methoxy groups -OCH3 is 1. The third-order valence-corrected chi connectivity index (χ3v) is 7.97. The van der Waals surface area contributed by atoms with Crippen LogP contribution in [-0.4, -0.2) is 46.3 Å². The number of aromatic amines is 1. The molecule has 2 aliphatic rings. The molecule has 1 fully saturated rings. The molecule has 38 heavy (non-hydrogen) atoms. The van der Waals surface area contributed by atoms with Gasteiger partial charge in [-0.05, 0) is 45.7 Å². The number of carbonyl (C=O) groups excluding carboxylic acids is 2. The average Bonchev–Trinajstić information content (AvgIpc) is 3.33. The summed E-state index contributed by atoms with van der Waals surface area (Å²) in [5.41, 5.74) is 5.11. The van der Waals surface area contributed by atoms with Crippen molar-refractivity contribution in [1.82, 2.24) is 14.8 Å². The summed E-state index contributed by atoms with van der Waals surface area (Å²) in [7, 11) is 1.63. The second-order valence-corrected chi connectivity index (χ2v) is 10.1. The van der Waals surface area contributed by atoms with Crippen LogP contribution in [-0.2, 0) is 22.6 Å². The van der Waals surface area contributed by atoms with Crippen molar-refractivity contribution < 1.29 is 14.3 Å². The predicted octanol–water partition coefficient (Wildman–Crippen LogP) is 5.21. The van der Waals surface area contributed by atoms with Crippen molar-refractivity contribution >= 4 is 33.5 Å². The zero-order chi connectivity index (χ0) is 25.8. The molecule has 1 saturated heterocycles. The third-order valence-electron chi connectivity index (χ3n) is 7.97. The van der Waals surface area contributed by atoms with Crippen LogP contribution >= 0.6 is 0 Å². The smallest absolute Gasteiger partial charge is 0.246 e. The van der Waals surface area contributed by atoms with E-state index in [1.54, 1.807) is 12.0 Å². The van der Waals surface area contributed by atoms with Gasteiger partial charge in [0, 0.05) is 29.6 Å². The Balaban J connectivity index is 1.36. The molecular weight excluding hydrogens is 474 g/mol. The fraction of sp³-hybridized carbons (Fsp3) is 0.188. The highest BCUT2D eigenvalue weighted by molar-refractivity contribution is 5.98. The molecule has 5 aromatic rings. The number of piperazine rings is 1. The monoisotopic (exact) mass is 501 g/mol. The Morgan fingerprint density at radius 2 is 1.66 bits per heavy atom. The van der Waals surface area contributed by atoms with Gasteiger partial charge in [0.05, 0.1) is 13.2 Å². The highest BCUT2D eigenvalue weighted by Crippen LogP contribution is 2.44. The number of fused-ring (bicyclic) bond motifs is 5. The minimum absolute atomic E-state index is 0.0198. The highest BCUT2D eigenvalue weighted by Gasteiger charge is 2.48. The number of H-pyrrole nitrogens is 1. The van der Waals surface area contributed by atoms with E-state index >= 15 is 0 Å². The maximum absolute atomic E-state index is 14.1. The lowest BCUT2D eigenvalue weighted by Gasteiger charge is -2.47. The largest absolute Gasteiger partial charge is 0.497 e. The van der Waals surface area contributed by atoms with Gasteiger partial charge in [-0.15, -0.1) is 0 Å². The van der Waals surface area contributed by atoms with Crippen LogP contribution in [0, 0.1) is 0 Å². The van der Waals surface area contributed by atoms with Crippen LogP contribution in [0.5, 0.6) is 5.75 Å². The van der Waals surface area contributed by atoms with Gasteiger partial charge in [-0.3, -0.25) is 9.59 Å². The van der Waals surface area contributed by atoms with E-state index in [0.29, 0.717) is 13.0 Å². The Kier molecular flexibility index (Phi) is 5.22. The van der Waals surface area contributed by atoms with Gasteiger partial charge >= 0.3 is 0 Å². The van der Waals surface area contributed by atoms with E-state index in [0.717, 1.165) is 49.8 Å². The molecule has 6 heteroatoms. The Bertz CT molecular complexity index is 1720. The van der Waals surface area contributed by atoms with E-state index in [1.165, 1.54) is 0 Å². The number of carbonyl (C=O) groups is 2. The van der Waals surface area contributed by atoms with Crippen LogP contribution in [0.25, 0.3) is 21.7 Å². The van der Waals surface area contributed by atoms with Gasteiger partial charge in [0.15, 0.2) is 0 Å². The first-order chi connectivity index (χ1) is 18.6. The molecule has 0 radical (unpaired) electrons. The van der Waals surface area contributed by atoms with E-state index in [-0.39, 0.29) is 24.4 Å². The van der Waals surface area contributed by atoms with Gasteiger partial charge in [0.2, 0.25) is 11.8 Å². The van der Waals surface area contributed by atoms with E-state index in [1.807, 2.05) is 59.5 Å². The Labute approximate surface area is 220 Å². The zero-order valence-electron chi connectivity index (χ0n) is 21.1. The summed E-state index contributed by atoms with van der Waals surface area (Å²) in [4.78, 5) is 35.2. The maximum Gasteiger partial charge on any atom is 0.246 e. The first-order valence-corrected chi connectivity index (χ1v) is 12.9. The zero-order valence-corrected chi connectivity index (χ0v) is 21.1. The molecular formula is C32H27N3O3. The number of hydrogen-bond acceptors (Lipinski definition) is 3. The van der Waals surface area contributed by atoms with Crippen LogP contribution in [0.4, 0.5) is 0 Å². The average molecular weight is 502 g/mol. The summed E-state index contributed by atoms with van der Waals surface area (Å²) in [5.74, 6) is 0.672. The number of nitrogens with zero attached hydrogens (tertiary/aromatic N) is 2. The van der Waals surface area contributed by atoms with Crippen molar-refractivity contribution in [3.63, 3.8) is 0 Å². The van der Waals surface area contributed by atoms with Crippen LogP contribution < -0.4 is 4.74 Å². The van der Waals surface area contributed by atoms with E-state index < -0.39 is 6.04 Å². The molecule has 0 saturated carbocycles. The first-order valence-electron chi connectivity index (χ1n) is 12.9. The first kappa shape index (κ1) is 22.6. The molecule has 2 aliphatic heterocycles. The summed E-state index contributed by atoms with van der Waals surface area (Å²) < 4.78 is 5.37. The summed E-state index contributed by atoms with van der Waals surface area (Å²) in [6.45, 7) is 0.412. The fourth-order valence-electron chi connectivity index (χ4n) is 6.26. The van der Waals surface area contributed by atoms with Crippen molar-refractivity contribution in [2.24, 2.45) is 0 Å². The minimum atomic E-state index is -0.572. The summed E-state index contributed by atoms with van der Waals surface area (Å²) >= 11 is 0. The second kappa shape index (κ2) is 8.77. The Morgan fingerprint density at radius 3 is 2.53 bits per heavy atom. The number of aromatic nitrogens is 1. The lowest BCUT2D eigenvalue weighted by atomic mass is 9.84. The molecule has 6 nitrogen and oxygen atoms in total. The highest BCUT2D eigenvalue weighted by atomic mass is 16.5. The van der Waals surface area contributed by atoms with Gasteiger partial charge in [0.1, 0.15) is 18.3 Å². The van der Waals surface area contributed by atoms with Crippen LogP contribution in [0.15, 0.2) is 91.0 Å². The Hall–Kier alpha value is -4.58. The maximum atomic E-state index is 14.1. The number of ether oxygens (including phenoxy) is 1. The number of nitrogens with one attached hydrogen (secondary N) is 1. The Morgan fingerprint density at radius 1 is 0.895 bits per heavy atom. The van der Waals surface area contributed by atoms with Gasteiger partial charge in [-0.2, -0.15) is 0 Å². The van der Waals surface area contributed by atoms with Gasteiger partial charge in [-0.1, -0.05) is 72.8 Å². The van der Waals surface area contributed by atoms with E-state index in [4.69, 9.17) is 4.74 Å². The topological polar surface area (TPSA) is 65.6 Å². The standard InChI is InChI=1S/C32H27N3O3/c1-38-22-11-6-8-20(16-22)18-34-19-29(36)35-28(32(34)37)17-26-24-13-4-5-15-27(24)33-30(26)31(35)25-14-7-10-21-9-2-3-12-23(21)25/h2-16,28,31,33H,17-19H2,1H3/t28-,31?/m0/s1. The van der Waals surface area contributed by atoms with Gasteiger partial charge in [0.25, 0.3) is 0 Å². The van der Waals surface area contributed by atoms with Crippen molar-refractivity contribution in [3.8, 4) is 5.75 Å². The van der Waals surface area contributed by atoms with E-state index in [9.17, 15) is 9.59 Å². The van der Waals surface area contributed by atoms with E-state index in [2.05, 4.69) is 41.4 Å². The molecule has 188 valence electrons. The number of hydrogen-bond donors (Lipinski definition) is 1. The SMILES string of the molecule is COc1cccc(CN2CC(=O)N3C(c4cccc5ccccc45)c4[nH]c5ccccc5c4C[C@H]3C2=O)c1. The molecule has 1 unspecified atom stereocenters. The molecule has 4 aromatic carbocycles. The molecule has 2 amide bonds. The minimum Gasteiger partial charge on any atom is -0.497 e. The summed E-state index contributed by atoms with van der Waals surface area (Å²) in [6, 6.07) is 29.4. The van der Waals surface area contributed by atoms with Crippen molar-refractivity contribution in [2.45, 2.75) is 25.0 Å². The fourth-order valence-corrected chi connectivity index (χ4v) is 6.26. The van der Waals surface area contributed by atoms with Gasteiger partial charge < -0.3 is 19.5 Å². The van der Waals surface area contributed by atoms with Crippen molar-refractivity contribution in [1.29, 1.82) is 0 Å². The summed E-state index contributed by atoms with van der Waals surface area (Å²) in [5, 5.41) is 3.31. The number of para-hydroxylation sites is 1. The third kappa shape index (κ3) is 3.48. The van der Waals surface area contributed by atoms with Crippen molar-refractivity contribution in [3.05, 3.63) is 113 Å². The molecule has 0 spiro atoms. The second-order valence-electron chi connectivity index (χ2n) is 10.1. The van der Waals surface area contributed by atoms with Crippen LogP contribution in [0.1, 0.15) is 28.4 Å². The lowest BCUT2D eigenvalue weighted by Crippen LogP contribution is -2.62. The molecule has 1 aromatic heterocycles. The number of amides is 2. The molecule has 1 N–H and O–H groups in total. The number of benzene rings is 4. The summed E-state index contributed by atoms with van der Waals surface area (Å²) in [6.07, 6.45) is 0.486. The molecule has 0 aliphatic carbocycles. The molecule has 0 bridgehead atoms. The lowest BCUT2D eigenvalue weighted by molar-refractivity contribution is -0.159. The predicted molar refractivity (Wildman–Crippen MR) is 147 cm³/mol. The molecule has 2 atom stereocenters.